The maximum atomic E-state index is 12.4. The third-order valence-electron chi connectivity index (χ3n) is 1.09. The molecule has 0 bridgehead atoms. The normalized spacial score (nSPS) is 9.30. The summed E-state index contributed by atoms with van der Waals surface area (Å²) in [6, 6.07) is 3.64. The van der Waals surface area contributed by atoms with E-state index in [1.165, 1.54) is 12.1 Å². The van der Waals surface area contributed by atoms with Crippen LogP contribution < -0.4 is 5.73 Å². The van der Waals surface area contributed by atoms with Crippen molar-refractivity contribution in [3.8, 4) is 0 Å². The zero-order chi connectivity index (χ0) is 7.56. The van der Waals surface area contributed by atoms with E-state index in [0.717, 1.165) is 6.07 Å². The lowest BCUT2D eigenvalue weighted by atomic mass is 10.3. The van der Waals surface area contributed by atoms with E-state index in [9.17, 15) is 9.30 Å². The number of halogens is 1. The van der Waals surface area contributed by atoms with E-state index in [1.807, 2.05) is 0 Å². The zero-order valence-electron chi connectivity index (χ0n) is 5.04. The first-order chi connectivity index (χ1) is 4.74. The molecule has 4 heteroatoms. The molecule has 0 fully saturated rings. The van der Waals surface area contributed by atoms with E-state index >= 15 is 0 Å². The van der Waals surface area contributed by atoms with Crippen molar-refractivity contribution in [3.63, 3.8) is 0 Å². The lowest BCUT2D eigenvalue weighted by Gasteiger charge is -1.93. The number of nitroso groups, excluding NO2 is 1. The van der Waals surface area contributed by atoms with Crippen LogP contribution in [0.2, 0.25) is 0 Å². The highest BCUT2D eigenvalue weighted by atomic mass is 19.1. The molecule has 1 rings (SSSR count). The molecule has 0 aliphatic heterocycles. The van der Waals surface area contributed by atoms with Crippen LogP contribution in [-0.2, 0) is 0 Å². The Morgan fingerprint density at radius 3 is 2.70 bits per heavy atom. The molecule has 52 valence electrons. The Kier molecular flexibility index (Phi) is 1.62. The topological polar surface area (TPSA) is 55.4 Å². The molecule has 0 radical (unpaired) electrons. The van der Waals surface area contributed by atoms with Crippen LogP contribution in [0.3, 0.4) is 0 Å². The van der Waals surface area contributed by atoms with Crippen LogP contribution in [0.4, 0.5) is 15.8 Å². The highest BCUT2D eigenvalue weighted by molar-refractivity contribution is 5.48. The van der Waals surface area contributed by atoms with Gasteiger partial charge in [-0.1, -0.05) is 0 Å². The van der Waals surface area contributed by atoms with Crippen molar-refractivity contribution in [2.24, 2.45) is 5.18 Å². The first kappa shape index (κ1) is 6.67. The van der Waals surface area contributed by atoms with E-state index in [-0.39, 0.29) is 11.4 Å². The Morgan fingerprint density at radius 1 is 1.50 bits per heavy atom. The fourth-order valence-electron chi connectivity index (χ4n) is 0.573. The molecule has 2 N–H and O–H groups in total. The summed E-state index contributed by atoms with van der Waals surface area (Å²) < 4.78 is 12.4. The summed E-state index contributed by atoms with van der Waals surface area (Å²) in [6.45, 7) is 0. The number of hydrogen-bond acceptors (Lipinski definition) is 3. The second-order valence-corrected chi connectivity index (χ2v) is 1.80. The van der Waals surface area contributed by atoms with Gasteiger partial charge in [0.15, 0.2) is 0 Å². The van der Waals surface area contributed by atoms with Gasteiger partial charge in [0, 0.05) is 6.07 Å². The SMILES string of the molecule is Nc1ccc(N=O)cc1F. The van der Waals surface area contributed by atoms with Crippen molar-refractivity contribution >= 4 is 11.4 Å². The summed E-state index contributed by atoms with van der Waals surface area (Å²) in [5, 5.41) is 2.53. The average molecular weight is 140 g/mol. The molecule has 0 saturated heterocycles. The maximum Gasteiger partial charge on any atom is 0.148 e. The van der Waals surface area contributed by atoms with Crippen molar-refractivity contribution < 1.29 is 4.39 Å². The number of nitrogens with zero attached hydrogens (tertiary/aromatic N) is 1. The summed E-state index contributed by atoms with van der Waals surface area (Å²) in [5.74, 6) is -0.614. The number of hydrogen-bond donors (Lipinski definition) is 1. The van der Waals surface area contributed by atoms with Gasteiger partial charge in [-0.25, -0.2) is 4.39 Å². The van der Waals surface area contributed by atoms with Crippen LogP contribution >= 0.6 is 0 Å². The molecular formula is C6H5FN2O. The lowest BCUT2D eigenvalue weighted by Crippen LogP contribution is -1.87. The summed E-state index contributed by atoms with van der Waals surface area (Å²) in [4.78, 5) is 9.81. The minimum Gasteiger partial charge on any atom is -0.396 e. The predicted molar refractivity (Wildman–Crippen MR) is 36.3 cm³/mol. The third-order valence-corrected chi connectivity index (χ3v) is 1.09. The summed E-state index contributed by atoms with van der Waals surface area (Å²) in [5.41, 5.74) is 5.19. The first-order valence-electron chi connectivity index (χ1n) is 2.62. The van der Waals surface area contributed by atoms with Gasteiger partial charge < -0.3 is 5.73 Å². The van der Waals surface area contributed by atoms with E-state index in [1.54, 1.807) is 0 Å². The summed E-state index contributed by atoms with van der Waals surface area (Å²) >= 11 is 0. The van der Waals surface area contributed by atoms with Gasteiger partial charge in [0.2, 0.25) is 0 Å². The molecule has 0 amide bonds. The Bertz CT molecular complexity index is 262. The monoisotopic (exact) mass is 140 g/mol. The molecule has 1 aromatic rings. The third kappa shape index (κ3) is 1.10. The second-order valence-electron chi connectivity index (χ2n) is 1.80. The molecule has 0 aromatic heterocycles. The van der Waals surface area contributed by atoms with Gasteiger partial charge >= 0.3 is 0 Å². The first-order valence-corrected chi connectivity index (χ1v) is 2.62. The van der Waals surface area contributed by atoms with Crippen molar-refractivity contribution in [2.75, 3.05) is 5.73 Å². The molecule has 10 heavy (non-hydrogen) atoms. The number of rotatable bonds is 1. The van der Waals surface area contributed by atoms with E-state index in [2.05, 4.69) is 5.18 Å². The standard InChI is InChI=1S/C6H5FN2O/c7-5-3-4(9-10)1-2-6(5)8/h1-3H,8H2. The van der Waals surface area contributed by atoms with Crippen molar-refractivity contribution in [2.45, 2.75) is 0 Å². The van der Waals surface area contributed by atoms with E-state index in [4.69, 9.17) is 5.73 Å². The van der Waals surface area contributed by atoms with Crippen LogP contribution in [0.5, 0.6) is 0 Å². The maximum absolute atomic E-state index is 12.4. The minimum atomic E-state index is -0.614. The fourth-order valence-corrected chi connectivity index (χ4v) is 0.573. The van der Waals surface area contributed by atoms with Gasteiger partial charge in [-0.15, -0.1) is 4.91 Å². The molecule has 0 aliphatic carbocycles. The van der Waals surface area contributed by atoms with Gasteiger partial charge in [-0.3, -0.25) is 0 Å². The van der Waals surface area contributed by atoms with Gasteiger partial charge in [0.05, 0.1) is 5.69 Å². The van der Waals surface area contributed by atoms with Crippen LogP contribution in [0.25, 0.3) is 0 Å². The average Bonchev–Trinajstić information content (AvgIpc) is 1.95. The Hall–Kier alpha value is -1.45. The summed E-state index contributed by atoms with van der Waals surface area (Å²) in [6.07, 6.45) is 0. The van der Waals surface area contributed by atoms with Gasteiger partial charge in [0.1, 0.15) is 11.5 Å². The fraction of sp³-hybridized carbons (Fsp3) is 0. The molecule has 0 heterocycles. The van der Waals surface area contributed by atoms with Crippen molar-refractivity contribution in [3.05, 3.63) is 28.9 Å². The molecule has 0 saturated carbocycles. The van der Waals surface area contributed by atoms with Gasteiger partial charge in [0.25, 0.3) is 0 Å². The predicted octanol–water partition coefficient (Wildman–Crippen LogP) is 1.81. The van der Waals surface area contributed by atoms with E-state index in [0.29, 0.717) is 0 Å². The Labute approximate surface area is 56.6 Å². The van der Waals surface area contributed by atoms with E-state index < -0.39 is 5.82 Å². The molecule has 0 spiro atoms. The Morgan fingerprint density at radius 2 is 2.20 bits per heavy atom. The molecule has 1 aromatic carbocycles. The summed E-state index contributed by atoms with van der Waals surface area (Å²) in [7, 11) is 0. The second kappa shape index (κ2) is 2.43. The van der Waals surface area contributed by atoms with Crippen LogP contribution in [0.15, 0.2) is 23.4 Å². The highest BCUT2D eigenvalue weighted by Gasteiger charge is 1.97. The Balaban J connectivity index is 3.16. The smallest absolute Gasteiger partial charge is 0.148 e. The van der Waals surface area contributed by atoms with Crippen molar-refractivity contribution in [1.29, 1.82) is 0 Å². The van der Waals surface area contributed by atoms with Gasteiger partial charge in [-0.05, 0) is 17.3 Å². The molecule has 3 nitrogen and oxygen atoms in total. The quantitative estimate of drug-likeness (QED) is 0.477. The number of nitrogens with two attached hydrogens (primary N) is 1. The largest absolute Gasteiger partial charge is 0.396 e. The number of nitrogen functional groups attached to an aromatic ring is 1. The number of benzene rings is 1. The van der Waals surface area contributed by atoms with Crippen LogP contribution in [0, 0.1) is 10.7 Å². The van der Waals surface area contributed by atoms with Gasteiger partial charge in [-0.2, -0.15) is 0 Å². The molecule has 0 atom stereocenters. The lowest BCUT2D eigenvalue weighted by molar-refractivity contribution is 0.633. The van der Waals surface area contributed by atoms with Crippen LogP contribution in [0.1, 0.15) is 0 Å². The molecular weight excluding hydrogens is 135 g/mol. The van der Waals surface area contributed by atoms with Crippen LogP contribution in [-0.4, -0.2) is 0 Å². The number of anilines is 1. The molecule has 0 unspecified atom stereocenters. The highest BCUT2D eigenvalue weighted by Crippen LogP contribution is 2.17. The minimum absolute atomic E-state index is 0.0207. The van der Waals surface area contributed by atoms with Crippen molar-refractivity contribution in [1.82, 2.24) is 0 Å². The zero-order valence-corrected chi connectivity index (χ0v) is 5.04. The molecule has 0 aliphatic rings.